The van der Waals surface area contributed by atoms with Crippen LogP contribution in [0.4, 0.5) is 5.69 Å². The van der Waals surface area contributed by atoms with Crippen LogP contribution >= 0.6 is 0 Å². The summed E-state index contributed by atoms with van der Waals surface area (Å²) in [4.78, 5) is 6.70. The molecule has 0 saturated carbocycles. The lowest BCUT2D eigenvalue weighted by atomic mass is 9.94. The van der Waals surface area contributed by atoms with Gasteiger partial charge in [0.05, 0.1) is 6.33 Å². The fourth-order valence-corrected chi connectivity index (χ4v) is 3.71. The van der Waals surface area contributed by atoms with Gasteiger partial charge in [0.2, 0.25) is 0 Å². The van der Waals surface area contributed by atoms with Gasteiger partial charge in [-0.25, -0.2) is 4.98 Å². The van der Waals surface area contributed by atoms with E-state index in [4.69, 9.17) is 0 Å². The van der Waals surface area contributed by atoms with E-state index in [1.807, 2.05) is 18.7 Å². The second-order valence-corrected chi connectivity index (χ2v) is 6.32. The highest BCUT2D eigenvalue weighted by Gasteiger charge is 2.33. The zero-order valence-corrected chi connectivity index (χ0v) is 12.3. The van der Waals surface area contributed by atoms with Crippen LogP contribution in [-0.2, 0) is 6.54 Å². The summed E-state index contributed by atoms with van der Waals surface area (Å²) in [6.45, 7) is 4.72. The maximum absolute atomic E-state index is 4.10. The monoisotopic (exact) mass is 282 g/mol. The van der Waals surface area contributed by atoms with Crippen molar-refractivity contribution in [3.8, 4) is 0 Å². The minimum Gasteiger partial charge on any atom is -0.382 e. The summed E-state index contributed by atoms with van der Waals surface area (Å²) in [5.41, 5.74) is 2.58. The van der Waals surface area contributed by atoms with Crippen molar-refractivity contribution in [2.24, 2.45) is 5.92 Å². The Hall–Kier alpha value is -1.81. The summed E-state index contributed by atoms with van der Waals surface area (Å²) >= 11 is 0. The smallest absolute Gasteiger partial charge is 0.0949 e. The number of rotatable bonds is 4. The molecule has 2 fully saturated rings. The number of hydrogen-bond acceptors (Lipinski definition) is 3. The lowest BCUT2D eigenvalue weighted by molar-refractivity contribution is 0.255. The summed E-state index contributed by atoms with van der Waals surface area (Å²) in [5.74, 6) is 0.830. The third kappa shape index (κ3) is 2.81. The van der Waals surface area contributed by atoms with Crippen LogP contribution in [0.2, 0.25) is 0 Å². The van der Waals surface area contributed by atoms with Gasteiger partial charge in [0.15, 0.2) is 0 Å². The molecule has 21 heavy (non-hydrogen) atoms. The molecule has 110 valence electrons. The van der Waals surface area contributed by atoms with E-state index in [0.717, 1.165) is 12.5 Å². The first-order valence-corrected chi connectivity index (χ1v) is 7.90. The van der Waals surface area contributed by atoms with Crippen LogP contribution in [0, 0.1) is 5.92 Å². The predicted molar refractivity (Wildman–Crippen MR) is 84.3 cm³/mol. The van der Waals surface area contributed by atoms with Gasteiger partial charge in [0, 0.05) is 43.8 Å². The zero-order chi connectivity index (χ0) is 14.1. The van der Waals surface area contributed by atoms with E-state index in [0.29, 0.717) is 6.04 Å². The highest BCUT2D eigenvalue weighted by atomic mass is 15.2. The summed E-state index contributed by atoms with van der Waals surface area (Å²) in [7, 11) is 0. The van der Waals surface area contributed by atoms with E-state index in [1.54, 1.807) is 0 Å². The van der Waals surface area contributed by atoms with Crippen LogP contribution in [0.5, 0.6) is 0 Å². The Kier molecular flexibility index (Phi) is 3.39. The number of aromatic nitrogens is 2. The van der Waals surface area contributed by atoms with Gasteiger partial charge in [0.1, 0.15) is 0 Å². The molecule has 0 radical (unpaired) electrons. The van der Waals surface area contributed by atoms with Crippen molar-refractivity contribution in [2.45, 2.75) is 25.4 Å². The van der Waals surface area contributed by atoms with E-state index in [9.17, 15) is 0 Å². The van der Waals surface area contributed by atoms with E-state index in [-0.39, 0.29) is 0 Å². The third-order valence-electron chi connectivity index (χ3n) is 4.84. The second kappa shape index (κ2) is 5.53. The van der Waals surface area contributed by atoms with Crippen LogP contribution in [-0.4, -0.2) is 40.1 Å². The van der Waals surface area contributed by atoms with Crippen LogP contribution < -0.4 is 5.32 Å². The lowest BCUT2D eigenvalue weighted by Crippen LogP contribution is -2.39. The van der Waals surface area contributed by atoms with Crippen molar-refractivity contribution in [1.82, 2.24) is 14.5 Å². The van der Waals surface area contributed by atoms with Crippen molar-refractivity contribution >= 4 is 5.69 Å². The SMILES string of the molecule is c1cc(Cn2ccnc2)cc(NC2CCN3CCC2C3)c1. The van der Waals surface area contributed by atoms with E-state index >= 15 is 0 Å². The normalized spacial score (nSPS) is 27.7. The Morgan fingerprint density at radius 2 is 2.19 bits per heavy atom. The highest BCUT2D eigenvalue weighted by molar-refractivity contribution is 5.47. The van der Waals surface area contributed by atoms with Gasteiger partial charge in [-0.15, -0.1) is 0 Å². The Morgan fingerprint density at radius 1 is 1.24 bits per heavy atom. The highest BCUT2D eigenvalue weighted by Crippen LogP contribution is 2.29. The Bertz CT molecular complexity index is 593. The minimum atomic E-state index is 0.646. The molecule has 2 aromatic rings. The minimum absolute atomic E-state index is 0.646. The largest absolute Gasteiger partial charge is 0.382 e. The molecule has 3 atom stereocenters. The standard InChI is InChI=1S/C17H22N4/c1-2-14(11-21-9-6-18-13-21)10-16(3-1)19-17-5-8-20-7-4-15(17)12-20/h1-3,6,9-10,13,15,17,19H,4-5,7-8,11-12H2. The molecule has 3 unspecified atom stereocenters. The molecule has 2 saturated heterocycles. The molecule has 2 bridgehead atoms. The molecule has 1 aromatic heterocycles. The van der Waals surface area contributed by atoms with Crippen molar-refractivity contribution in [2.75, 3.05) is 25.0 Å². The van der Waals surface area contributed by atoms with Crippen molar-refractivity contribution in [3.63, 3.8) is 0 Å². The fraction of sp³-hybridized carbons (Fsp3) is 0.471. The molecular weight excluding hydrogens is 260 g/mol. The molecule has 4 heteroatoms. The Morgan fingerprint density at radius 3 is 3.10 bits per heavy atom. The van der Waals surface area contributed by atoms with Gasteiger partial charge in [-0.1, -0.05) is 12.1 Å². The number of fused-ring (bicyclic) bond motifs is 2. The Balaban J connectivity index is 1.45. The average Bonchev–Trinajstić information content (AvgIpc) is 3.13. The van der Waals surface area contributed by atoms with E-state index in [2.05, 4.69) is 44.0 Å². The average molecular weight is 282 g/mol. The third-order valence-corrected chi connectivity index (χ3v) is 4.84. The van der Waals surface area contributed by atoms with Crippen LogP contribution in [0.3, 0.4) is 0 Å². The number of piperidine rings is 1. The van der Waals surface area contributed by atoms with Gasteiger partial charge in [-0.3, -0.25) is 0 Å². The number of nitrogens with zero attached hydrogens (tertiary/aromatic N) is 3. The number of benzene rings is 1. The number of hydrogen-bond donors (Lipinski definition) is 1. The topological polar surface area (TPSA) is 33.1 Å². The lowest BCUT2D eigenvalue weighted by Gasteiger charge is -2.31. The molecule has 3 heterocycles. The molecule has 0 spiro atoms. The number of nitrogens with one attached hydrogen (secondary N) is 1. The van der Waals surface area contributed by atoms with Gasteiger partial charge < -0.3 is 14.8 Å². The molecule has 4 rings (SSSR count). The zero-order valence-electron chi connectivity index (χ0n) is 12.3. The summed E-state index contributed by atoms with van der Waals surface area (Å²) in [6.07, 6.45) is 8.33. The summed E-state index contributed by atoms with van der Waals surface area (Å²) in [5, 5.41) is 3.78. The summed E-state index contributed by atoms with van der Waals surface area (Å²) < 4.78 is 2.11. The molecular formula is C17H22N4. The van der Waals surface area contributed by atoms with Gasteiger partial charge in [0.25, 0.3) is 0 Å². The van der Waals surface area contributed by atoms with Crippen molar-refractivity contribution in [3.05, 3.63) is 48.5 Å². The van der Waals surface area contributed by atoms with Crippen LogP contribution in [0.15, 0.2) is 43.0 Å². The van der Waals surface area contributed by atoms with Crippen LogP contribution in [0.25, 0.3) is 0 Å². The maximum Gasteiger partial charge on any atom is 0.0949 e. The van der Waals surface area contributed by atoms with Gasteiger partial charge in [-0.2, -0.15) is 0 Å². The van der Waals surface area contributed by atoms with Crippen LogP contribution in [0.1, 0.15) is 18.4 Å². The van der Waals surface area contributed by atoms with Crippen molar-refractivity contribution in [1.29, 1.82) is 0 Å². The molecule has 4 nitrogen and oxygen atoms in total. The molecule has 2 aliphatic heterocycles. The molecule has 0 aliphatic carbocycles. The van der Waals surface area contributed by atoms with Crippen molar-refractivity contribution < 1.29 is 0 Å². The summed E-state index contributed by atoms with van der Waals surface area (Å²) in [6, 6.07) is 9.45. The first-order chi connectivity index (χ1) is 10.4. The number of anilines is 1. The van der Waals surface area contributed by atoms with Gasteiger partial charge in [-0.05, 0) is 43.0 Å². The van der Waals surface area contributed by atoms with E-state index < -0.39 is 0 Å². The fourth-order valence-electron chi connectivity index (χ4n) is 3.71. The molecule has 2 aliphatic rings. The number of imidazole rings is 1. The first kappa shape index (κ1) is 12.9. The van der Waals surface area contributed by atoms with Gasteiger partial charge >= 0.3 is 0 Å². The molecule has 1 N–H and O–H groups in total. The predicted octanol–water partition coefficient (Wildman–Crippen LogP) is 2.44. The molecule has 0 amide bonds. The first-order valence-electron chi connectivity index (χ1n) is 7.90. The quantitative estimate of drug-likeness (QED) is 0.935. The molecule has 1 aromatic carbocycles. The van der Waals surface area contributed by atoms with E-state index in [1.165, 1.54) is 43.7 Å². The maximum atomic E-state index is 4.10. The Labute approximate surface area is 125 Å². The second-order valence-electron chi connectivity index (χ2n) is 6.32.